The summed E-state index contributed by atoms with van der Waals surface area (Å²) in [5.41, 5.74) is 11.5. The van der Waals surface area contributed by atoms with Crippen molar-refractivity contribution in [2.45, 2.75) is 33.6 Å². The van der Waals surface area contributed by atoms with Crippen LogP contribution < -0.4 is 10.2 Å². The number of pyridine rings is 1. The SMILES string of the molecule is Cc1ccn2cc(CCc3cccc(NC(=O)C(C)C)c3ON=N)nc2c1. The van der Waals surface area contributed by atoms with Crippen molar-refractivity contribution in [1.29, 1.82) is 5.53 Å². The highest BCUT2D eigenvalue weighted by Crippen LogP contribution is 2.31. The first-order valence-corrected chi connectivity index (χ1v) is 8.88. The van der Waals surface area contributed by atoms with Crippen LogP contribution in [0.25, 0.3) is 5.65 Å². The molecule has 0 spiro atoms. The molecule has 2 aromatic heterocycles. The molecule has 7 heteroatoms. The summed E-state index contributed by atoms with van der Waals surface area (Å²) in [5, 5.41) is 5.89. The first-order valence-electron chi connectivity index (χ1n) is 8.88. The quantitative estimate of drug-likeness (QED) is 0.482. The smallest absolute Gasteiger partial charge is 0.227 e. The van der Waals surface area contributed by atoms with E-state index in [0.717, 1.165) is 16.9 Å². The number of hydrogen-bond donors (Lipinski definition) is 2. The number of nitrogens with zero attached hydrogens (tertiary/aromatic N) is 3. The number of anilines is 1. The highest BCUT2D eigenvalue weighted by atomic mass is 16.6. The Labute approximate surface area is 157 Å². The number of aryl methyl sites for hydroxylation is 3. The molecule has 2 N–H and O–H groups in total. The van der Waals surface area contributed by atoms with Crippen LogP contribution in [0, 0.1) is 18.4 Å². The molecule has 0 fully saturated rings. The summed E-state index contributed by atoms with van der Waals surface area (Å²) in [7, 11) is 0. The average Bonchev–Trinajstić information content (AvgIpc) is 3.03. The number of rotatable bonds is 7. The van der Waals surface area contributed by atoms with Crippen LogP contribution in [0.3, 0.4) is 0 Å². The van der Waals surface area contributed by atoms with E-state index in [1.165, 1.54) is 5.56 Å². The molecule has 3 rings (SSSR count). The van der Waals surface area contributed by atoms with Crippen LogP contribution in [-0.2, 0) is 17.6 Å². The van der Waals surface area contributed by atoms with Crippen LogP contribution in [0.5, 0.6) is 5.75 Å². The molecule has 7 nitrogen and oxygen atoms in total. The minimum absolute atomic E-state index is 0.113. The van der Waals surface area contributed by atoms with Crippen molar-refractivity contribution in [3.8, 4) is 5.75 Å². The molecule has 3 aromatic rings. The monoisotopic (exact) mass is 365 g/mol. The van der Waals surface area contributed by atoms with Crippen LogP contribution in [0.2, 0.25) is 0 Å². The molecule has 0 saturated heterocycles. The van der Waals surface area contributed by atoms with Gasteiger partial charge >= 0.3 is 0 Å². The van der Waals surface area contributed by atoms with E-state index in [9.17, 15) is 4.79 Å². The van der Waals surface area contributed by atoms with Gasteiger partial charge in [-0.2, -0.15) is 5.53 Å². The third-order valence-electron chi connectivity index (χ3n) is 4.33. The number of hydrogen-bond acceptors (Lipinski definition) is 5. The Balaban J connectivity index is 1.82. The van der Waals surface area contributed by atoms with Gasteiger partial charge in [-0.1, -0.05) is 26.0 Å². The normalized spacial score (nSPS) is 11.0. The molecule has 27 heavy (non-hydrogen) atoms. The third kappa shape index (κ3) is 4.31. The molecule has 0 aliphatic rings. The summed E-state index contributed by atoms with van der Waals surface area (Å²) < 4.78 is 2.00. The Kier molecular flexibility index (Phi) is 5.49. The van der Waals surface area contributed by atoms with Crippen molar-refractivity contribution < 1.29 is 9.63 Å². The first-order chi connectivity index (χ1) is 13.0. The largest absolute Gasteiger partial charge is 0.337 e. The van der Waals surface area contributed by atoms with Gasteiger partial charge < -0.3 is 14.6 Å². The molecule has 0 bridgehead atoms. The fraction of sp³-hybridized carbons (Fsp3) is 0.300. The summed E-state index contributed by atoms with van der Waals surface area (Å²) >= 11 is 0. The lowest BCUT2D eigenvalue weighted by molar-refractivity contribution is -0.118. The predicted octanol–water partition coefficient (Wildman–Crippen LogP) is 4.35. The van der Waals surface area contributed by atoms with Crippen LogP contribution in [-0.4, -0.2) is 15.3 Å². The minimum atomic E-state index is -0.157. The zero-order valence-corrected chi connectivity index (χ0v) is 15.7. The van der Waals surface area contributed by atoms with Gasteiger partial charge in [0.2, 0.25) is 5.91 Å². The molecule has 0 aliphatic carbocycles. The predicted molar refractivity (Wildman–Crippen MR) is 103 cm³/mol. The zero-order chi connectivity index (χ0) is 19.4. The second-order valence-electron chi connectivity index (χ2n) is 6.82. The number of carbonyl (C=O) groups is 1. The maximum Gasteiger partial charge on any atom is 0.227 e. The van der Waals surface area contributed by atoms with E-state index in [-0.39, 0.29) is 11.8 Å². The summed E-state index contributed by atoms with van der Waals surface area (Å²) in [6, 6.07) is 9.60. The molecule has 1 aromatic carbocycles. The Morgan fingerprint density at radius 3 is 2.89 bits per heavy atom. The van der Waals surface area contributed by atoms with E-state index in [1.807, 2.05) is 61.8 Å². The third-order valence-corrected chi connectivity index (χ3v) is 4.33. The fourth-order valence-electron chi connectivity index (χ4n) is 2.83. The van der Waals surface area contributed by atoms with Gasteiger partial charge in [0.25, 0.3) is 0 Å². The number of imidazole rings is 1. The van der Waals surface area contributed by atoms with E-state index >= 15 is 0 Å². The van der Waals surface area contributed by atoms with E-state index in [1.54, 1.807) is 6.07 Å². The van der Waals surface area contributed by atoms with Crippen molar-refractivity contribution >= 4 is 17.2 Å². The van der Waals surface area contributed by atoms with E-state index in [2.05, 4.69) is 15.6 Å². The van der Waals surface area contributed by atoms with Crippen molar-refractivity contribution in [3.05, 3.63) is 59.5 Å². The molecule has 0 saturated carbocycles. The van der Waals surface area contributed by atoms with E-state index in [4.69, 9.17) is 10.4 Å². The molecule has 2 heterocycles. The van der Waals surface area contributed by atoms with E-state index < -0.39 is 0 Å². The number of para-hydroxylation sites is 1. The summed E-state index contributed by atoms with van der Waals surface area (Å²) in [5.74, 6) is 0.134. The highest BCUT2D eigenvalue weighted by molar-refractivity contribution is 5.93. The molecule has 0 unspecified atom stereocenters. The lowest BCUT2D eigenvalue weighted by atomic mass is 10.1. The fourth-order valence-corrected chi connectivity index (χ4v) is 2.83. The van der Waals surface area contributed by atoms with E-state index in [0.29, 0.717) is 24.3 Å². The summed E-state index contributed by atoms with van der Waals surface area (Å²) in [6.45, 7) is 5.68. The molecule has 1 amide bonds. The average molecular weight is 365 g/mol. The van der Waals surface area contributed by atoms with Gasteiger partial charge in [0.1, 0.15) is 5.65 Å². The van der Waals surface area contributed by atoms with Gasteiger partial charge in [0, 0.05) is 29.2 Å². The maximum absolute atomic E-state index is 12.0. The second-order valence-corrected chi connectivity index (χ2v) is 6.82. The topological polar surface area (TPSA) is 91.8 Å². The Morgan fingerprint density at radius 1 is 1.33 bits per heavy atom. The van der Waals surface area contributed by atoms with Gasteiger partial charge in [-0.15, -0.1) is 0 Å². The molecular weight excluding hydrogens is 342 g/mol. The minimum Gasteiger partial charge on any atom is -0.337 e. The first kappa shape index (κ1) is 18.6. The number of benzene rings is 1. The van der Waals surface area contributed by atoms with Gasteiger partial charge in [0.05, 0.1) is 11.4 Å². The zero-order valence-electron chi connectivity index (χ0n) is 15.7. The summed E-state index contributed by atoms with van der Waals surface area (Å²) in [4.78, 5) is 21.8. The molecule has 0 atom stereocenters. The van der Waals surface area contributed by atoms with Gasteiger partial charge in [-0.25, -0.2) is 4.98 Å². The van der Waals surface area contributed by atoms with Gasteiger partial charge in [-0.05, 0) is 43.5 Å². The Hall–Kier alpha value is -3.22. The van der Waals surface area contributed by atoms with Crippen LogP contribution in [0.15, 0.2) is 48.0 Å². The van der Waals surface area contributed by atoms with Crippen LogP contribution >= 0.6 is 0 Å². The second kappa shape index (κ2) is 7.99. The lowest BCUT2D eigenvalue weighted by Gasteiger charge is -2.13. The lowest BCUT2D eigenvalue weighted by Crippen LogP contribution is -2.18. The molecule has 140 valence electrons. The molecule has 0 radical (unpaired) electrons. The van der Waals surface area contributed by atoms with Crippen molar-refractivity contribution in [3.63, 3.8) is 0 Å². The number of fused-ring (bicyclic) bond motifs is 1. The number of carbonyl (C=O) groups excluding carboxylic acids is 1. The van der Waals surface area contributed by atoms with Crippen molar-refractivity contribution in [1.82, 2.24) is 9.38 Å². The van der Waals surface area contributed by atoms with Crippen LogP contribution in [0.1, 0.15) is 30.7 Å². The van der Waals surface area contributed by atoms with Gasteiger partial charge in [0.15, 0.2) is 5.75 Å². The van der Waals surface area contributed by atoms with Crippen molar-refractivity contribution in [2.24, 2.45) is 11.2 Å². The maximum atomic E-state index is 12.0. The number of nitrogens with one attached hydrogen (secondary N) is 2. The standard InChI is InChI=1S/C20H23N5O2/c1-13(2)20(26)23-17-6-4-5-15(19(17)27-24-21)7-8-16-12-25-10-9-14(3)11-18(25)22-16/h4-6,9-13,21H,7-8H2,1-3H3,(H,23,26). The highest BCUT2D eigenvalue weighted by Gasteiger charge is 2.15. The van der Waals surface area contributed by atoms with Crippen molar-refractivity contribution in [2.75, 3.05) is 5.32 Å². The van der Waals surface area contributed by atoms with Crippen LogP contribution in [0.4, 0.5) is 5.69 Å². The number of amides is 1. The Bertz CT molecular complexity index is 978. The number of aromatic nitrogens is 2. The molecular formula is C20H23N5O2. The molecule has 0 aliphatic heterocycles. The van der Waals surface area contributed by atoms with Gasteiger partial charge in [-0.3, -0.25) is 4.79 Å². The Morgan fingerprint density at radius 2 is 2.15 bits per heavy atom. The summed E-state index contributed by atoms with van der Waals surface area (Å²) in [6.07, 6.45) is 5.36.